The second kappa shape index (κ2) is 52.7. The monoisotopic (exact) mass is 1160 g/mol. The highest BCUT2D eigenvalue weighted by atomic mass is 16.7. The third kappa shape index (κ3) is 37.1. The maximum atomic E-state index is 13.3. The Morgan fingerprint density at radius 3 is 1.29 bits per heavy atom. The molecule has 0 bridgehead atoms. The molecule has 2 heterocycles. The lowest BCUT2D eigenvalue weighted by Gasteiger charge is -2.46. The van der Waals surface area contributed by atoms with Gasteiger partial charge in [0.05, 0.1) is 32.0 Å². The van der Waals surface area contributed by atoms with E-state index in [0.29, 0.717) is 6.42 Å². The molecule has 1 amide bonds. The molecule has 12 atom stereocenters. The third-order valence-corrected chi connectivity index (χ3v) is 15.9. The molecule has 2 aliphatic heterocycles. The summed E-state index contributed by atoms with van der Waals surface area (Å²) >= 11 is 0. The van der Waals surface area contributed by atoms with Crippen LogP contribution >= 0.6 is 0 Å². The van der Waals surface area contributed by atoms with Crippen molar-refractivity contribution in [1.29, 1.82) is 0 Å². The van der Waals surface area contributed by atoms with Crippen molar-refractivity contribution in [2.45, 2.75) is 331 Å². The van der Waals surface area contributed by atoms with Crippen LogP contribution in [0.3, 0.4) is 0 Å². The highest BCUT2D eigenvalue weighted by Crippen LogP contribution is 2.30. The minimum Gasteiger partial charge on any atom is -0.394 e. The molecule has 0 aromatic heterocycles. The van der Waals surface area contributed by atoms with E-state index in [2.05, 4.69) is 79.9 Å². The summed E-state index contributed by atoms with van der Waals surface area (Å²) in [5.41, 5.74) is 0. The van der Waals surface area contributed by atoms with E-state index in [1.165, 1.54) is 154 Å². The molecule has 2 rings (SSSR count). The molecule has 476 valence electrons. The summed E-state index contributed by atoms with van der Waals surface area (Å²) in [5.74, 6) is -0.241. The summed E-state index contributed by atoms with van der Waals surface area (Å²) in [6.07, 6.45) is 53.7. The minimum atomic E-state index is -1.79. The summed E-state index contributed by atoms with van der Waals surface area (Å²) in [5, 5.41) is 87.3. The fraction of sp³-hybridized carbons (Fsp3) is 0.809. The van der Waals surface area contributed by atoms with Crippen molar-refractivity contribution in [3.05, 3.63) is 72.9 Å². The minimum absolute atomic E-state index is 0.241. The number of hydrogen-bond acceptors (Lipinski definition) is 13. The summed E-state index contributed by atoms with van der Waals surface area (Å²) in [4.78, 5) is 13.3. The molecular formula is C68H121NO13. The van der Waals surface area contributed by atoms with Crippen LogP contribution in [0.15, 0.2) is 72.9 Å². The zero-order chi connectivity index (χ0) is 59.5. The number of rotatable bonds is 53. The Kier molecular flexibility index (Phi) is 48.6. The lowest BCUT2D eigenvalue weighted by Crippen LogP contribution is -2.65. The van der Waals surface area contributed by atoms with Crippen LogP contribution in [-0.4, -0.2) is 140 Å². The SMILES string of the molecule is CC/C=C\C/C=C\C/C=C\C/C=C\C/C=C\CCCCCCCCCCCCCCCC(=O)NC(COC1OC(CO)C(OC2OC(CO)C(O)C(O)C2O)C(O)C1O)C(O)/C=C/CCCCCCCCCCCCCCCCCCC. The Morgan fingerprint density at radius 2 is 0.841 bits per heavy atom. The Morgan fingerprint density at radius 1 is 0.451 bits per heavy atom. The number of hydrogen-bond donors (Lipinski definition) is 9. The van der Waals surface area contributed by atoms with Gasteiger partial charge in [-0.25, -0.2) is 0 Å². The van der Waals surface area contributed by atoms with Gasteiger partial charge in [-0.15, -0.1) is 0 Å². The molecule has 0 aromatic carbocycles. The van der Waals surface area contributed by atoms with Gasteiger partial charge in [0.1, 0.15) is 48.8 Å². The van der Waals surface area contributed by atoms with Crippen molar-refractivity contribution in [2.24, 2.45) is 0 Å². The van der Waals surface area contributed by atoms with Gasteiger partial charge in [-0.1, -0.05) is 260 Å². The van der Waals surface area contributed by atoms with E-state index in [9.17, 15) is 45.6 Å². The van der Waals surface area contributed by atoms with Gasteiger partial charge in [0.15, 0.2) is 12.6 Å². The maximum absolute atomic E-state index is 13.3. The second-order valence-corrected chi connectivity index (χ2v) is 23.2. The average molecular weight is 1160 g/mol. The summed E-state index contributed by atoms with van der Waals surface area (Å²) < 4.78 is 22.8. The van der Waals surface area contributed by atoms with Crippen molar-refractivity contribution in [2.75, 3.05) is 19.8 Å². The van der Waals surface area contributed by atoms with Crippen LogP contribution in [0.1, 0.15) is 258 Å². The van der Waals surface area contributed by atoms with Gasteiger partial charge in [-0.3, -0.25) is 4.79 Å². The number of ether oxygens (including phenoxy) is 4. The van der Waals surface area contributed by atoms with Gasteiger partial charge < -0.3 is 65.1 Å². The second-order valence-electron chi connectivity index (χ2n) is 23.2. The normalized spacial score (nSPS) is 24.4. The molecule has 9 N–H and O–H groups in total. The first-order chi connectivity index (χ1) is 40.1. The zero-order valence-electron chi connectivity index (χ0n) is 51.5. The zero-order valence-corrected chi connectivity index (χ0v) is 51.5. The number of unbranched alkanes of at least 4 members (excludes halogenated alkanes) is 30. The molecule has 2 saturated heterocycles. The molecule has 14 nitrogen and oxygen atoms in total. The summed E-state index contributed by atoms with van der Waals surface area (Å²) in [7, 11) is 0. The number of carbonyl (C=O) groups excluding carboxylic acids is 1. The summed E-state index contributed by atoms with van der Waals surface area (Å²) in [6, 6.07) is -0.919. The Labute approximate surface area is 498 Å². The number of allylic oxidation sites excluding steroid dienone is 11. The standard InChI is InChI=1S/C68H121NO13/c1-3-5-7-9-11-13-15-17-19-21-23-24-25-26-27-28-29-30-31-32-34-36-38-40-42-44-46-48-50-52-60(73)69-56(57(72)51-49-47-45-43-41-39-37-35-33-22-20-18-16-14-12-10-8-6-4-2)55-79-67-65(78)63(76)66(59(54-71)81-67)82-68-64(77)62(75)61(74)58(53-70)80-68/h5,7,11,13,17,19,23-24,26-27,49,51,56-59,61-68,70-72,74-78H,3-4,6,8-10,12,14-16,18,20-22,25,28-48,50,52-55H2,1-2H3,(H,69,73)/b7-5-,13-11-,19-17-,24-23-,27-26-,51-49+. The molecular weight excluding hydrogens is 1040 g/mol. The van der Waals surface area contributed by atoms with E-state index in [0.717, 1.165) is 77.0 Å². The lowest BCUT2D eigenvalue weighted by molar-refractivity contribution is -0.359. The van der Waals surface area contributed by atoms with E-state index >= 15 is 0 Å². The van der Waals surface area contributed by atoms with E-state index < -0.39 is 86.8 Å². The highest BCUT2D eigenvalue weighted by Gasteiger charge is 2.51. The van der Waals surface area contributed by atoms with Crippen LogP contribution in [-0.2, 0) is 23.7 Å². The number of carbonyl (C=O) groups is 1. The molecule has 2 fully saturated rings. The van der Waals surface area contributed by atoms with Crippen LogP contribution in [0.4, 0.5) is 0 Å². The fourth-order valence-electron chi connectivity index (χ4n) is 10.6. The van der Waals surface area contributed by atoms with Gasteiger partial charge in [0, 0.05) is 6.42 Å². The Hall–Kier alpha value is -2.57. The van der Waals surface area contributed by atoms with Crippen LogP contribution in [0, 0.1) is 0 Å². The number of aliphatic hydroxyl groups is 8. The third-order valence-electron chi connectivity index (χ3n) is 15.9. The maximum Gasteiger partial charge on any atom is 0.220 e. The van der Waals surface area contributed by atoms with Gasteiger partial charge in [-0.2, -0.15) is 0 Å². The van der Waals surface area contributed by atoms with E-state index in [1.54, 1.807) is 6.08 Å². The van der Waals surface area contributed by atoms with Crippen molar-refractivity contribution < 1.29 is 64.6 Å². The first kappa shape index (κ1) is 75.5. The number of nitrogens with one attached hydrogen (secondary N) is 1. The van der Waals surface area contributed by atoms with Gasteiger partial charge in [0.2, 0.25) is 5.91 Å². The lowest BCUT2D eigenvalue weighted by atomic mass is 9.97. The molecule has 0 radical (unpaired) electrons. The van der Waals surface area contributed by atoms with Crippen molar-refractivity contribution >= 4 is 5.91 Å². The molecule has 0 spiro atoms. The van der Waals surface area contributed by atoms with Crippen molar-refractivity contribution in [3.63, 3.8) is 0 Å². The molecule has 14 heteroatoms. The van der Waals surface area contributed by atoms with Crippen LogP contribution in [0.2, 0.25) is 0 Å². The predicted molar refractivity (Wildman–Crippen MR) is 332 cm³/mol. The smallest absolute Gasteiger partial charge is 0.220 e. The first-order valence-electron chi connectivity index (χ1n) is 33.2. The number of aliphatic hydroxyl groups excluding tert-OH is 8. The highest BCUT2D eigenvalue weighted by molar-refractivity contribution is 5.76. The van der Waals surface area contributed by atoms with Crippen LogP contribution in [0.25, 0.3) is 0 Å². The molecule has 12 unspecified atom stereocenters. The molecule has 0 aliphatic carbocycles. The van der Waals surface area contributed by atoms with Crippen LogP contribution in [0.5, 0.6) is 0 Å². The van der Waals surface area contributed by atoms with Gasteiger partial charge in [0.25, 0.3) is 0 Å². The number of amides is 1. The topological polar surface area (TPSA) is 228 Å². The fourth-order valence-corrected chi connectivity index (χ4v) is 10.6. The van der Waals surface area contributed by atoms with Crippen molar-refractivity contribution in [1.82, 2.24) is 5.32 Å². The van der Waals surface area contributed by atoms with E-state index in [1.807, 2.05) is 6.08 Å². The summed E-state index contributed by atoms with van der Waals surface area (Å²) in [6.45, 7) is 2.70. The van der Waals surface area contributed by atoms with Gasteiger partial charge >= 0.3 is 0 Å². The van der Waals surface area contributed by atoms with Gasteiger partial charge in [-0.05, 0) is 64.2 Å². The first-order valence-corrected chi connectivity index (χ1v) is 33.2. The Balaban J connectivity index is 1.70. The van der Waals surface area contributed by atoms with E-state index in [4.69, 9.17) is 18.9 Å². The average Bonchev–Trinajstić information content (AvgIpc) is 3.65. The largest absolute Gasteiger partial charge is 0.394 e. The van der Waals surface area contributed by atoms with Crippen molar-refractivity contribution in [3.8, 4) is 0 Å². The Bertz CT molecular complexity index is 1650. The van der Waals surface area contributed by atoms with Crippen LogP contribution < -0.4 is 5.32 Å². The quantitative estimate of drug-likeness (QED) is 0.0204. The molecule has 0 aromatic rings. The predicted octanol–water partition coefficient (Wildman–Crippen LogP) is 12.7. The molecule has 2 aliphatic rings. The van der Waals surface area contributed by atoms with E-state index in [-0.39, 0.29) is 18.9 Å². The molecule has 0 saturated carbocycles. The molecule has 82 heavy (non-hydrogen) atoms.